The van der Waals surface area contributed by atoms with Gasteiger partial charge in [-0.3, -0.25) is 4.79 Å². The number of nitrogens with zero attached hydrogens (tertiary/aromatic N) is 1. The largest absolute Gasteiger partial charge is 0.494 e. The molecule has 19 heavy (non-hydrogen) atoms. The molecule has 2 N–H and O–H groups in total. The quantitative estimate of drug-likeness (QED) is 0.836. The molecular weight excluding hydrogens is 244 g/mol. The minimum atomic E-state index is -0.0398. The molecule has 108 valence electrons. The van der Waals surface area contributed by atoms with Gasteiger partial charge in [0.2, 0.25) is 5.76 Å². The Balaban J connectivity index is 2.02. The van der Waals surface area contributed by atoms with Gasteiger partial charge in [-0.1, -0.05) is 6.92 Å². The number of amides is 1. The standard InChI is InChI=1S/C14H24N2O3/c1-2-7-16(12-5-3-11(15)4-6-12)14(17)13-10-18-8-9-19-13/h10-12H,2-9,15H2,1H3. The van der Waals surface area contributed by atoms with E-state index in [1.807, 2.05) is 4.90 Å². The summed E-state index contributed by atoms with van der Waals surface area (Å²) in [5, 5.41) is 0. The van der Waals surface area contributed by atoms with Gasteiger partial charge in [0.15, 0.2) is 0 Å². The fraction of sp³-hybridized carbons (Fsp3) is 0.786. The molecule has 1 amide bonds. The first kappa shape index (κ1) is 14.2. The third-order valence-electron chi connectivity index (χ3n) is 3.77. The number of ether oxygens (including phenoxy) is 2. The van der Waals surface area contributed by atoms with E-state index in [1.54, 1.807) is 0 Å². The molecule has 1 aliphatic carbocycles. The van der Waals surface area contributed by atoms with Crippen LogP contribution in [0.3, 0.4) is 0 Å². The molecule has 5 nitrogen and oxygen atoms in total. The van der Waals surface area contributed by atoms with Gasteiger partial charge in [-0.25, -0.2) is 0 Å². The van der Waals surface area contributed by atoms with Gasteiger partial charge >= 0.3 is 0 Å². The van der Waals surface area contributed by atoms with Gasteiger partial charge in [0.1, 0.15) is 19.5 Å². The van der Waals surface area contributed by atoms with Crippen molar-refractivity contribution in [2.24, 2.45) is 5.73 Å². The second kappa shape index (κ2) is 6.80. The topological polar surface area (TPSA) is 64.8 Å². The molecule has 0 saturated heterocycles. The van der Waals surface area contributed by atoms with Crippen molar-refractivity contribution in [3.63, 3.8) is 0 Å². The molecule has 2 rings (SSSR count). The Morgan fingerprint density at radius 1 is 1.37 bits per heavy atom. The summed E-state index contributed by atoms with van der Waals surface area (Å²) in [5.74, 6) is 0.302. The van der Waals surface area contributed by atoms with Gasteiger partial charge in [0.25, 0.3) is 5.91 Å². The number of hydrogen-bond donors (Lipinski definition) is 1. The Morgan fingerprint density at radius 3 is 2.68 bits per heavy atom. The van der Waals surface area contributed by atoms with Gasteiger partial charge in [-0.05, 0) is 32.1 Å². The maximum atomic E-state index is 12.5. The second-order valence-corrected chi connectivity index (χ2v) is 5.27. The maximum absolute atomic E-state index is 12.5. The van der Waals surface area contributed by atoms with Gasteiger partial charge in [0.05, 0.1) is 0 Å². The van der Waals surface area contributed by atoms with E-state index in [1.165, 1.54) is 6.26 Å². The van der Waals surface area contributed by atoms with Crippen LogP contribution in [0.4, 0.5) is 0 Å². The summed E-state index contributed by atoms with van der Waals surface area (Å²) in [6.07, 6.45) is 6.36. The fourth-order valence-electron chi connectivity index (χ4n) is 2.73. The van der Waals surface area contributed by atoms with Crippen LogP contribution < -0.4 is 5.73 Å². The van der Waals surface area contributed by atoms with Crippen LogP contribution in [0.2, 0.25) is 0 Å². The van der Waals surface area contributed by atoms with Crippen molar-refractivity contribution in [2.75, 3.05) is 19.8 Å². The van der Waals surface area contributed by atoms with Crippen LogP contribution in [0.15, 0.2) is 12.0 Å². The number of carbonyl (C=O) groups excluding carboxylic acids is 1. The van der Waals surface area contributed by atoms with Crippen LogP contribution in [-0.2, 0) is 14.3 Å². The second-order valence-electron chi connectivity index (χ2n) is 5.27. The molecule has 0 bridgehead atoms. The lowest BCUT2D eigenvalue weighted by Crippen LogP contribution is -2.45. The zero-order valence-electron chi connectivity index (χ0n) is 11.6. The zero-order chi connectivity index (χ0) is 13.7. The first-order valence-electron chi connectivity index (χ1n) is 7.23. The van der Waals surface area contributed by atoms with Crippen LogP contribution in [0.25, 0.3) is 0 Å². The molecule has 1 fully saturated rings. The molecular formula is C14H24N2O3. The van der Waals surface area contributed by atoms with E-state index in [2.05, 4.69) is 6.92 Å². The summed E-state index contributed by atoms with van der Waals surface area (Å²) >= 11 is 0. The van der Waals surface area contributed by atoms with Crippen molar-refractivity contribution < 1.29 is 14.3 Å². The predicted octanol–water partition coefficient (Wildman–Crippen LogP) is 1.38. The Labute approximate surface area is 114 Å². The molecule has 1 saturated carbocycles. The lowest BCUT2D eigenvalue weighted by Gasteiger charge is -2.36. The molecule has 0 aromatic carbocycles. The molecule has 1 heterocycles. The van der Waals surface area contributed by atoms with Gasteiger partial charge in [-0.2, -0.15) is 0 Å². The van der Waals surface area contributed by atoms with E-state index in [9.17, 15) is 4.79 Å². The summed E-state index contributed by atoms with van der Waals surface area (Å²) in [5.41, 5.74) is 5.93. The highest BCUT2D eigenvalue weighted by Crippen LogP contribution is 2.24. The summed E-state index contributed by atoms with van der Waals surface area (Å²) in [7, 11) is 0. The molecule has 0 aromatic rings. The average Bonchev–Trinajstić information content (AvgIpc) is 2.46. The summed E-state index contributed by atoms with van der Waals surface area (Å²) in [6.45, 7) is 3.82. The van der Waals surface area contributed by atoms with Crippen LogP contribution in [0, 0.1) is 0 Å². The van der Waals surface area contributed by atoms with Crippen molar-refractivity contribution >= 4 is 5.91 Å². The van der Waals surface area contributed by atoms with Crippen molar-refractivity contribution in [2.45, 2.75) is 51.1 Å². The lowest BCUT2D eigenvalue weighted by atomic mass is 9.90. The highest BCUT2D eigenvalue weighted by Gasteiger charge is 2.30. The minimum absolute atomic E-state index is 0.0398. The first-order valence-corrected chi connectivity index (χ1v) is 7.23. The normalized spacial score (nSPS) is 26.9. The Hall–Kier alpha value is -1.23. The van der Waals surface area contributed by atoms with Gasteiger partial charge in [-0.15, -0.1) is 0 Å². The molecule has 0 spiro atoms. The van der Waals surface area contributed by atoms with E-state index >= 15 is 0 Å². The highest BCUT2D eigenvalue weighted by molar-refractivity contribution is 5.91. The van der Waals surface area contributed by atoms with Crippen molar-refractivity contribution in [3.8, 4) is 0 Å². The third kappa shape index (κ3) is 3.62. The minimum Gasteiger partial charge on any atom is -0.494 e. The van der Waals surface area contributed by atoms with Crippen molar-refractivity contribution in [1.82, 2.24) is 4.90 Å². The molecule has 0 radical (unpaired) electrons. The molecule has 0 aromatic heterocycles. The number of carbonyl (C=O) groups is 1. The molecule has 1 aliphatic heterocycles. The predicted molar refractivity (Wildman–Crippen MR) is 72.2 cm³/mol. The van der Waals surface area contributed by atoms with E-state index in [0.717, 1.165) is 38.6 Å². The van der Waals surface area contributed by atoms with Crippen LogP contribution >= 0.6 is 0 Å². The highest BCUT2D eigenvalue weighted by atomic mass is 16.6. The van der Waals surface area contributed by atoms with Gasteiger partial charge < -0.3 is 20.1 Å². The fourth-order valence-corrected chi connectivity index (χ4v) is 2.73. The maximum Gasteiger partial charge on any atom is 0.292 e. The third-order valence-corrected chi connectivity index (χ3v) is 3.77. The number of hydrogen-bond acceptors (Lipinski definition) is 4. The molecule has 5 heteroatoms. The zero-order valence-corrected chi connectivity index (χ0v) is 11.6. The average molecular weight is 268 g/mol. The molecule has 0 unspecified atom stereocenters. The van der Waals surface area contributed by atoms with Crippen LogP contribution in [-0.4, -0.2) is 42.6 Å². The number of rotatable bonds is 4. The first-order chi connectivity index (χ1) is 9.22. The van der Waals surface area contributed by atoms with Crippen molar-refractivity contribution in [1.29, 1.82) is 0 Å². The summed E-state index contributed by atoms with van der Waals surface area (Å²) in [4.78, 5) is 14.4. The van der Waals surface area contributed by atoms with E-state index < -0.39 is 0 Å². The van der Waals surface area contributed by atoms with E-state index in [-0.39, 0.29) is 5.91 Å². The number of nitrogens with two attached hydrogens (primary N) is 1. The summed E-state index contributed by atoms with van der Waals surface area (Å²) < 4.78 is 10.6. The van der Waals surface area contributed by atoms with Crippen LogP contribution in [0.1, 0.15) is 39.0 Å². The van der Waals surface area contributed by atoms with E-state index in [4.69, 9.17) is 15.2 Å². The molecule has 0 atom stereocenters. The Kier molecular flexibility index (Phi) is 5.07. The SMILES string of the molecule is CCCN(C(=O)C1=COCCO1)C1CCC(N)CC1. The summed E-state index contributed by atoms with van der Waals surface area (Å²) in [6, 6.07) is 0.585. The smallest absolute Gasteiger partial charge is 0.292 e. The van der Waals surface area contributed by atoms with E-state index in [0.29, 0.717) is 31.1 Å². The Bertz CT molecular complexity index is 336. The van der Waals surface area contributed by atoms with Crippen LogP contribution in [0.5, 0.6) is 0 Å². The van der Waals surface area contributed by atoms with Crippen molar-refractivity contribution in [3.05, 3.63) is 12.0 Å². The van der Waals surface area contributed by atoms with Gasteiger partial charge in [0, 0.05) is 18.6 Å². The lowest BCUT2D eigenvalue weighted by molar-refractivity contribution is -0.135. The Morgan fingerprint density at radius 2 is 2.11 bits per heavy atom. The molecule has 2 aliphatic rings. The monoisotopic (exact) mass is 268 g/mol.